The fourth-order valence-electron chi connectivity index (χ4n) is 2.58. The van der Waals surface area contributed by atoms with E-state index in [0.717, 1.165) is 17.7 Å². The summed E-state index contributed by atoms with van der Waals surface area (Å²) in [4.78, 5) is 26.7. The van der Waals surface area contributed by atoms with Crippen molar-refractivity contribution in [1.82, 2.24) is 4.90 Å². The molecule has 2 rings (SSSR count). The highest BCUT2D eigenvalue weighted by molar-refractivity contribution is 6.33. The molecule has 0 aromatic heterocycles. The van der Waals surface area contributed by atoms with Crippen molar-refractivity contribution >= 4 is 29.7 Å². The van der Waals surface area contributed by atoms with E-state index in [1.165, 1.54) is 6.07 Å². The van der Waals surface area contributed by atoms with Crippen molar-refractivity contribution < 1.29 is 9.59 Å². The Morgan fingerprint density at radius 1 is 1.57 bits per heavy atom. The minimum absolute atomic E-state index is 0.120. The summed E-state index contributed by atoms with van der Waals surface area (Å²) in [5.41, 5.74) is 1.28. The first kappa shape index (κ1) is 15.3. The van der Waals surface area contributed by atoms with Crippen LogP contribution >= 0.6 is 11.6 Å². The summed E-state index contributed by atoms with van der Waals surface area (Å²) in [5.74, 6) is 0. The third-order valence-electron chi connectivity index (χ3n) is 3.85. The molecule has 1 unspecified atom stereocenters. The molecular formula is C15H16ClN3O2. The molecule has 1 saturated heterocycles. The lowest BCUT2D eigenvalue weighted by Gasteiger charge is -2.27. The van der Waals surface area contributed by atoms with E-state index in [-0.39, 0.29) is 17.1 Å². The summed E-state index contributed by atoms with van der Waals surface area (Å²) >= 11 is 6.10. The van der Waals surface area contributed by atoms with Gasteiger partial charge in [-0.1, -0.05) is 11.6 Å². The third-order valence-corrected chi connectivity index (χ3v) is 4.34. The topological polar surface area (TPSA) is 64.4 Å². The normalized spacial score (nSPS) is 17.4. The summed E-state index contributed by atoms with van der Waals surface area (Å²) < 4.78 is 0. The summed E-state index contributed by atoms with van der Waals surface area (Å²) in [6, 6.07) is 4.84. The van der Waals surface area contributed by atoms with Gasteiger partial charge in [0.2, 0.25) is 6.41 Å². The maximum Gasteiger partial charge on any atom is 0.331 e. The van der Waals surface area contributed by atoms with Crippen molar-refractivity contribution in [3.05, 3.63) is 28.3 Å². The molecule has 1 fully saturated rings. The van der Waals surface area contributed by atoms with Crippen LogP contribution in [-0.4, -0.2) is 29.9 Å². The van der Waals surface area contributed by atoms with Gasteiger partial charge in [-0.3, -0.25) is 4.79 Å². The zero-order valence-corrected chi connectivity index (χ0v) is 12.7. The van der Waals surface area contributed by atoms with E-state index in [1.807, 2.05) is 13.0 Å². The van der Waals surface area contributed by atoms with Crippen LogP contribution in [0.1, 0.15) is 30.9 Å². The van der Waals surface area contributed by atoms with E-state index < -0.39 is 0 Å². The number of rotatable bonds is 2. The summed E-state index contributed by atoms with van der Waals surface area (Å²) in [6.07, 6.45) is 2.37. The molecule has 21 heavy (non-hydrogen) atoms. The predicted molar refractivity (Wildman–Crippen MR) is 80.2 cm³/mol. The standard InChI is InChI=1S/C15H16ClN3O2/c1-10-4-3-7-18(10)15(21)19(9-20)13-6-5-12(8-17)14(16)11(13)2/h5-6,9-10H,3-4,7H2,1-2H3. The lowest BCUT2D eigenvalue weighted by atomic mass is 10.1. The first-order valence-electron chi connectivity index (χ1n) is 6.75. The lowest BCUT2D eigenvalue weighted by molar-refractivity contribution is -0.107. The van der Waals surface area contributed by atoms with E-state index in [0.29, 0.717) is 29.8 Å². The van der Waals surface area contributed by atoms with Crippen molar-refractivity contribution in [2.24, 2.45) is 0 Å². The molecule has 0 spiro atoms. The Kier molecular flexibility index (Phi) is 4.49. The molecule has 5 nitrogen and oxygen atoms in total. The van der Waals surface area contributed by atoms with Crippen molar-refractivity contribution in [2.45, 2.75) is 32.7 Å². The number of halogens is 1. The second kappa shape index (κ2) is 6.15. The summed E-state index contributed by atoms with van der Waals surface area (Å²) in [7, 11) is 0. The van der Waals surface area contributed by atoms with Crippen molar-refractivity contribution in [3.63, 3.8) is 0 Å². The van der Waals surface area contributed by atoms with Gasteiger partial charge in [-0.2, -0.15) is 5.26 Å². The zero-order valence-electron chi connectivity index (χ0n) is 12.0. The van der Waals surface area contributed by atoms with Crippen LogP contribution in [0.2, 0.25) is 5.02 Å². The fourth-order valence-corrected chi connectivity index (χ4v) is 2.78. The monoisotopic (exact) mass is 305 g/mol. The fraction of sp³-hybridized carbons (Fsp3) is 0.400. The molecule has 0 radical (unpaired) electrons. The minimum atomic E-state index is -0.348. The second-order valence-electron chi connectivity index (χ2n) is 5.13. The van der Waals surface area contributed by atoms with Gasteiger partial charge in [0.1, 0.15) is 6.07 Å². The average molecular weight is 306 g/mol. The molecular weight excluding hydrogens is 290 g/mol. The molecule has 0 bridgehead atoms. The van der Waals surface area contributed by atoms with Crippen LogP contribution in [0.3, 0.4) is 0 Å². The molecule has 1 aromatic carbocycles. The van der Waals surface area contributed by atoms with Gasteiger partial charge in [0, 0.05) is 12.6 Å². The van der Waals surface area contributed by atoms with Crippen molar-refractivity contribution in [2.75, 3.05) is 11.4 Å². The first-order valence-corrected chi connectivity index (χ1v) is 7.13. The molecule has 0 saturated carbocycles. The Morgan fingerprint density at radius 2 is 2.29 bits per heavy atom. The molecule has 0 aliphatic carbocycles. The molecule has 0 N–H and O–H groups in total. The number of carbonyl (C=O) groups excluding carboxylic acids is 2. The van der Waals surface area contributed by atoms with Crippen LogP contribution in [0.25, 0.3) is 0 Å². The number of anilines is 1. The van der Waals surface area contributed by atoms with E-state index in [1.54, 1.807) is 17.9 Å². The van der Waals surface area contributed by atoms with Gasteiger partial charge in [-0.05, 0) is 44.4 Å². The number of urea groups is 1. The number of carbonyl (C=O) groups is 2. The van der Waals surface area contributed by atoms with Crippen LogP contribution in [0.15, 0.2) is 12.1 Å². The highest BCUT2D eigenvalue weighted by Gasteiger charge is 2.30. The Bertz CT molecular complexity index is 624. The lowest BCUT2D eigenvalue weighted by Crippen LogP contribution is -2.44. The van der Waals surface area contributed by atoms with Gasteiger partial charge in [0.25, 0.3) is 0 Å². The van der Waals surface area contributed by atoms with Gasteiger partial charge in [-0.15, -0.1) is 0 Å². The number of likely N-dealkylation sites (tertiary alicyclic amines) is 1. The quantitative estimate of drug-likeness (QED) is 0.789. The Hall–Kier alpha value is -2.06. The second-order valence-corrected chi connectivity index (χ2v) is 5.50. The molecule has 1 atom stereocenters. The third kappa shape index (κ3) is 2.72. The average Bonchev–Trinajstić information content (AvgIpc) is 2.90. The van der Waals surface area contributed by atoms with E-state index >= 15 is 0 Å². The number of benzene rings is 1. The zero-order chi connectivity index (χ0) is 15.6. The largest absolute Gasteiger partial charge is 0.331 e. The number of hydrogen-bond acceptors (Lipinski definition) is 3. The SMILES string of the molecule is Cc1c(N(C=O)C(=O)N2CCCC2C)ccc(C#N)c1Cl. The highest BCUT2D eigenvalue weighted by atomic mass is 35.5. The van der Waals surface area contributed by atoms with Gasteiger partial charge < -0.3 is 4.90 Å². The van der Waals surface area contributed by atoms with Crippen LogP contribution < -0.4 is 4.90 Å². The first-order chi connectivity index (χ1) is 10.0. The van der Waals surface area contributed by atoms with Crippen molar-refractivity contribution in [1.29, 1.82) is 5.26 Å². The van der Waals surface area contributed by atoms with E-state index in [2.05, 4.69) is 0 Å². The number of hydrogen-bond donors (Lipinski definition) is 0. The van der Waals surface area contributed by atoms with Gasteiger partial charge in [0.05, 0.1) is 16.3 Å². The van der Waals surface area contributed by atoms with Gasteiger partial charge in [-0.25, -0.2) is 9.69 Å². The summed E-state index contributed by atoms with van der Waals surface area (Å²) in [5, 5.41) is 9.22. The number of nitriles is 1. The highest BCUT2D eigenvalue weighted by Crippen LogP contribution is 2.30. The number of amides is 3. The summed E-state index contributed by atoms with van der Waals surface area (Å²) in [6.45, 7) is 4.30. The maximum atomic E-state index is 12.5. The Morgan fingerprint density at radius 3 is 2.81 bits per heavy atom. The van der Waals surface area contributed by atoms with Crippen LogP contribution in [0.4, 0.5) is 10.5 Å². The molecule has 1 aromatic rings. The molecule has 110 valence electrons. The van der Waals surface area contributed by atoms with Gasteiger partial charge >= 0.3 is 6.03 Å². The van der Waals surface area contributed by atoms with Crippen molar-refractivity contribution in [3.8, 4) is 6.07 Å². The molecule has 1 heterocycles. The van der Waals surface area contributed by atoms with E-state index in [4.69, 9.17) is 16.9 Å². The number of imide groups is 1. The van der Waals surface area contributed by atoms with Crippen LogP contribution in [-0.2, 0) is 4.79 Å². The smallest absolute Gasteiger partial charge is 0.321 e. The molecule has 1 aliphatic heterocycles. The Balaban J connectivity index is 2.38. The van der Waals surface area contributed by atoms with Crippen LogP contribution in [0, 0.1) is 18.3 Å². The predicted octanol–water partition coefficient (Wildman–Crippen LogP) is 3.09. The van der Waals surface area contributed by atoms with Gasteiger partial charge in [0.15, 0.2) is 0 Å². The molecule has 6 heteroatoms. The Labute approximate surface area is 128 Å². The molecule has 1 aliphatic rings. The molecule has 3 amide bonds. The minimum Gasteiger partial charge on any atom is -0.321 e. The number of nitrogens with zero attached hydrogens (tertiary/aromatic N) is 3. The van der Waals surface area contributed by atoms with Crippen LogP contribution in [0.5, 0.6) is 0 Å². The maximum absolute atomic E-state index is 12.5. The van der Waals surface area contributed by atoms with E-state index in [9.17, 15) is 9.59 Å².